The van der Waals surface area contributed by atoms with E-state index in [1.54, 1.807) is 6.92 Å². The Bertz CT molecular complexity index is 1020. The van der Waals surface area contributed by atoms with E-state index >= 15 is 0 Å². The summed E-state index contributed by atoms with van der Waals surface area (Å²) in [5.41, 5.74) is 5.52. The fourth-order valence-corrected chi connectivity index (χ4v) is 2.90. The van der Waals surface area contributed by atoms with Gasteiger partial charge in [-0.3, -0.25) is 15.0 Å². The third-order valence-corrected chi connectivity index (χ3v) is 4.11. The molecule has 134 valence electrons. The maximum absolute atomic E-state index is 12.5. The van der Waals surface area contributed by atoms with E-state index in [-0.39, 0.29) is 23.7 Å². The van der Waals surface area contributed by atoms with Crippen molar-refractivity contribution in [2.45, 2.75) is 20.3 Å². The van der Waals surface area contributed by atoms with Crippen LogP contribution in [0.4, 0.5) is 0 Å². The Labute approximate surface area is 149 Å². The molecule has 0 saturated carbocycles. The van der Waals surface area contributed by atoms with Crippen molar-refractivity contribution < 1.29 is 19.1 Å². The summed E-state index contributed by atoms with van der Waals surface area (Å²) >= 11 is 0. The number of ketones is 1. The molecule has 3 aromatic rings. The summed E-state index contributed by atoms with van der Waals surface area (Å²) in [5.74, 6) is -1.18. The van der Waals surface area contributed by atoms with Crippen molar-refractivity contribution >= 4 is 28.7 Å². The lowest BCUT2D eigenvalue weighted by molar-refractivity contribution is -0.116. The van der Waals surface area contributed by atoms with Gasteiger partial charge in [0, 0.05) is 12.6 Å². The third kappa shape index (κ3) is 3.08. The molecule has 2 aromatic heterocycles. The van der Waals surface area contributed by atoms with Crippen LogP contribution in [0.2, 0.25) is 0 Å². The molecule has 0 fully saturated rings. The van der Waals surface area contributed by atoms with Crippen LogP contribution >= 0.6 is 0 Å². The Balaban J connectivity index is 1.88. The second-order valence-corrected chi connectivity index (χ2v) is 5.84. The summed E-state index contributed by atoms with van der Waals surface area (Å²) in [5, 5.41) is 0. The fourth-order valence-electron chi connectivity index (χ4n) is 2.90. The Hall–Kier alpha value is -3.42. The molecule has 0 atom stereocenters. The predicted octanol–water partition coefficient (Wildman–Crippen LogP) is 1.97. The number of rotatable bonds is 5. The zero-order valence-corrected chi connectivity index (χ0v) is 14.6. The van der Waals surface area contributed by atoms with Crippen LogP contribution in [0.15, 0.2) is 30.6 Å². The number of Topliss-reactive ketones (excluding diaryl/α,β-unsaturated/α-hetero) is 1. The van der Waals surface area contributed by atoms with Gasteiger partial charge >= 0.3 is 5.97 Å². The van der Waals surface area contributed by atoms with Crippen LogP contribution in [0.5, 0.6) is 0 Å². The second-order valence-electron chi connectivity index (χ2n) is 5.84. The highest BCUT2D eigenvalue weighted by Crippen LogP contribution is 2.21. The van der Waals surface area contributed by atoms with Gasteiger partial charge in [-0.05, 0) is 24.6 Å². The van der Waals surface area contributed by atoms with E-state index in [0.717, 1.165) is 11.0 Å². The van der Waals surface area contributed by atoms with Gasteiger partial charge in [-0.2, -0.15) is 0 Å². The first kappa shape index (κ1) is 17.4. The van der Waals surface area contributed by atoms with Gasteiger partial charge in [0.2, 0.25) is 5.91 Å². The lowest BCUT2D eigenvalue weighted by Gasteiger charge is -2.07. The van der Waals surface area contributed by atoms with E-state index in [4.69, 9.17) is 4.74 Å². The highest BCUT2D eigenvalue weighted by molar-refractivity contribution is 6.01. The molecule has 0 aliphatic carbocycles. The largest absolute Gasteiger partial charge is 0.465 e. The van der Waals surface area contributed by atoms with E-state index in [0.29, 0.717) is 17.0 Å². The number of nitrogens with zero attached hydrogens (tertiary/aromatic N) is 2. The average molecular weight is 354 g/mol. The van der Waals surface area contributed by atoms with E-state index in [1.165, 1.54) is 25.0 Å². The van der Waals surface area contributed by atoms with Crippen molar-refractivity contribution in [1.82, 2.24) is 14.6 Å². The molecule has 8 nitrogen and oxygen atoms in total. The number of carbonyl (C=O) groups excluding carboxylic acids is 3. The van der Waals surface area contributed by atoms with Crippen LogP contribution in [0.1, 0.15) is 39.0 Å². The summed E-state index contributed by atoms with van der Waals surface area (Å²) in [6.45, 7) is 3.03. The van der Waals surface area contributed by atoms with Crippen LogP contribution in [0, 0.1) is 6.92 Å². The minimum absolute atomic E-state index is 0.120. The first-order valence-electron chi connectivity index (χ1n) is 7.95. The first-order chi connectivity index (χ1) is 12.4. The predicted molar refractivity (Wildman–Crippen MR) is 94.7 cm³/mol. The summed E-state index contributed by atoms with van der Waals surface area (Å²) < 4.78 is 6.29. The zero-order chi connectivity index (χ0) is 18.8. The topological polar surface area (TPSA) is 106 Å². The standard InChI is InChI=1S/C18H18N4O4/c1-10-16(18(25)26-3)13(20-17(10)11(2)23)8-15(24)21-22-9-19-12-6-4-5-7-14(12)22/h4-7,9,20H,8H2,1-3H3,(H,21,24). The normalized spacial score (nSPS) is 10.7. The van der Waals surface area contributed by atoms with Crippen LogP contribution in [0.3, 0.4) is 0 Å². The number of benzene rings is 1. The number of ether oxygens (including phenoxy) is 1. The van der Waals surface area contributed by atoms with Crippen molar-refractivity contribution in [1.29, 1.82) is 0 Å². The van der Waals surface area contributed by atoms with Gasteiger partial charge in [0.25, 0.3) is 0 Å². The molecule has 2 heterocycles. The average Bonchev–Trinajstić information content (AvgIpc) is 3.16. The van der Waals surface area contributed by atoms with Gasteiger partial charge in [-0.1, -0.05) is 12.1 Å². The van der Waals surface area contributed by atoms with E-state index in [9.17, 15) is 14.4 Å². The monoisotopic (exact) mass is 354 g/mol. The molecule has 3 rings (SSSR count). The van der Waals surface area contributed by atoms with Crippen molar-refractivity contribution in [3.05, 3.63) is 53.1 Å². The van der Waals surface area contributed by atoms with Gasteiger partial charge in [0.1, 0.15) is 6.33 Å². The van der Waals surface area contributed by atoms with E-state index < -0.39 is 5.97 Å². The number of hydrogen-bond acceptors (Lipinski definition) is 5. The number of esters is 1. The van der Waals surface area contributed by atoms with Crippen LogP contribution in [-0.4, -0.2) is 39.4 Å². The quantitative estimate of drug-likeness (QED) is 0.538. The minimum atomic E-state index is -0.595. The number of amides is 1. The SMILES string of the molecule is COC(=O)c1c(CC(=O)Nn2cnc3ccccc32)[nH]c(C(C)=O)c1C. The maximum Gasteiger partial charge on any atom is 0.339 e. The maximum atomic E-state index is 12.5. The number of imidazole rings is 1. The lowest BCUT2D eigenvalue weighted by Crippen LogP contribution is -2.24. The number of nitrogens with one attached hydrogen (secondary N) is 2. The van der Waals surface area contributed by atoms with Gasteiger partial charge in [0.05, 0.1) is 35.8 Å². The Morgan fingerprint density at radius 3 is 2.69 bits per heavy atom. The number of methoxy groups -OCH3 is 1. The molecule has 0 unspecified atom stereocenters. The smallest absolute Gasteiger partial charge is 0.339 e. The van der Waals surface area contributed by atoms with Gasteiger partial charge in [0.15, 0.2) is 5.78 Å². The zero-order valence-electron chi connectivity index (χ0n) is 14.6. The van der Waals surface area contributed by atoms with Gasteiger partial charge in [-0.25, -0.2) is 14.5 Å². The van der Waals surface area contributed by atoms with Crippen LogP contribution in [0.25, 0.3) is 11.0 Å². The van der Waals surface area contributed by atoms with Crippen molar-refractivity contribution in [3.8, 4) is 0 Å². The van der Waals surface area contributed by atoms with E-state index in [2.05, 4.69) is 15.4 Å². The molecule has 0 radical (unpaired) electrons. The number of hydrogen-bond donors (Lipinski definition) is 2. The molecule has 1 amide bonds. The molecule has 0 saturated heterocycles. The second kappa shape index (κ2) is 6.83. The van der Waals surface area contributed by atoms with Gasteiger partial charge in [-0.15, -0.1) is 0 Å². The number of fused-ring (bicyclic) bond motifs is 1. The summed E-state index contributed by atoms with van der Waals surface area (Å²) in [6.07, 6.45) is 1.38. The molecule has 0 spiro atoms. The Morgan fingerprint density at radius 1 is 1.27 bits per heavy atom. The number of aromatic nitrogens is 3. The van der Waals surface area contributed by atoms with Crippen molar-refractivity contribution in [2.24, 2.45) is 0 Å². The highest BCUT2D eigenvalue weighted by Gasteiger charge is 2.24. The Kier molecular flexibility index (Phi) is 4.57. The molecule has 26 heavy (non-hydrogen) atoms. The highest BCUT2D eigenvalue weighted by atomic mass is 16.5. The summed E-state index contributed by atoms with van der Waals surface area (Å²) in [7, 11) is 1.25. The summed E-state index contributed by atoms with van der Waals surface area (Å²) in [6, 6.07) is 7.36. The van der Waals surface area contributed by atoms with E-state index in [1.807, 2.05) is 24.3 Å². The molecule has 1 aromatic carbocycles. The van der Waals surface area contributed by atoms with Crippen LogP contribution < -0.4 is 5.43 Å². The number of para-hydroxylation sites is 2. The first-order valence-corrected chi connectivity index (χ1v) is 7.95. The fraction of sp³-hybridized carbons (Fsp3) is 0.222. The number of aromatic amines is 1. The number of H-pyrrole nitrogens is 1. The molecule has 0 aliphatic rings. The van der Waals surface area contributed by atoms with Crippen molar-refractivity contribution in [2.75, 3.05) is 12.5 Å². The third-order valence-electron chi connectivity index (χ3n) is 4.11. The minimum Gasteiger partial charge on any atom is -0.465 e. The molecule has 2 N–H and O–H groups in total. The van der Waals surface area contributed by atoms with Crippen molar-refractivity contribution in [3.63, 3.8) is 0 Å². The summed E-state index contributed by atoms with van der Waals surface area (Å²) in [4.78, 5) is 43.3. The lowest BCUT2D eigenvalue weighted by atomic mass is 10.1. The molecular weight excluding hydrogens is 336 g/mol. The number of carbonyl (C=O) groups is 3. The van der Waals surface area contributed by atoms with Gasteiger partial charge < -0.3 is 9.72 Å². The van der Waals surface area contributed by atoms with Crippen LogP contribution in [-0.2, 0) is 16.0 Å². The molecule has 8 heteroatoms. The molecular formula is C18H18N4O4. The molecule has 0 bridgehead atoms. The Morgan fingerprint density at radius 2 is 2.00 bits per heavy atom. The molecule has 0 aliphatic heterocycles.